The smallest absolute Gasteiger partial charge is 0.258 e. The van der Waals surface area contributed by atoms with E-state index in [0.29, 0.717) is 33.5 Å². The van der Waals surface area contributed by atoms with Crippen molar-refractivity contribution >= 4 is 52.4 Å². The second kappa shape index (κ2) is 9.91. The number of rotatable bonds is 7. The van der Waals surface area contributed by atoms with Gasteiger partial charge in [0.1, 0.15) is 5.82 Å². The highest BCUT2D eigenvalue weighted by Crippen LogP contribution is 2.49. The van der Waals surface area contributed by atoms with E-state index in [2.05, 4.69) is 15.6 Å². The van der Waals surface area contributed by atoms with Crippen molar-refractivity contribution < 1.29 is 14.4 Å². The predicted molar refractivity (Wildman–Crippen MR) is 140 cm³/mol. The van der Waals surface area contributed by atoms with E-state index in [1.54, 1.807) is 36.4 Å². The quantitative estimate of drug-likeness (QED) is 0.425. The number of likely N-dealkylation sites (tertiary alicyclic amines) is 1. The molecule has 2 aliphatic rings. The van der Waals surface area contributed by atoms with Gasteiger partial charge in [-0.2, -0.15) is 0 Å². The molecule has 0 unspecified atom stereocenters. The summed E-state index contributed by atoms with van der Waals surface area (Å²) >= 11 is 12.0. The van der Waals surface area contributed by atoms with E-state index in [1.165, 1.54) is 12.3 Å². The molecule has 0 bridgehead atoms. The minimum absolute atomic E-state index is 0.00779. The Balaban J connectivity index is 1.29. The summed E-state index contributed by atoms with van der Waals surface area (Å²) in [5.41, 5.74) is 2.13. The first kappa shape index (κ1) is 24.3. The number of benzene rings is 2. The summed E-state index contributed by atoms with van der Waals surface area (Å²) in [5, 5.41) is 6.31. The molecule has 1 aromatic heterocycles. The van der Waals surface area contributed by atoms with Gasteiger partial charge in [-0.25, -0.2) is 4.98 Å². The lowest BCUT2D eigenvalue weighted by atomic mass is 9.94. The van der Waals surface area contributed by atoms with E-state index in [4.69, 9.17) is 23.2 Å². The first-order valence-corrected chi connectivity index (χ1v) is 12.5. The van der Waals surface area contributed by atoms with Crippen molar-refractivity contribution in [3.63, 3.8) is 0 Å². The fraction of sp³-hybridized carbons (Fsp3) is 0.259. The monoisotopic (exact) mass is 522 g/mol. The maximum absolute atomic E-state index is 13.0. The summed E-state index contributed by atoms with van der Waals surface area (Å²) in [5.74, 6) is -0.263. The predicted octanol–water partition coefficient (Wildman–Crippen LogP) is 5.55. The van der Waals surface area contributed by atoms with Gasteiger partial charge in [0, 0.05) is 41.7 Å². The third-order valence-electron chi connectivity index (χ3n) is 6.72. The van der Waals surface area contributed by atoms with Crippen molar-refractivity contribution in [1.82, 2.24) is 9.88 Å². The van der Waals surface area contributed by atoms with Crippen LogP contribution in [-0.2, 0) is 10.2 Å². The summed E-state index contributed by atoms with van der Waals surface area (Å²) < 4.78 is 0. The van der Waals surface area contributed by atoms with Crippen LogP contribution in [0.15, 0.2) is 60.8 Å². The maximum atomic E-state index is 13.0. The van der Waals surface area contributed by atoms with Crippen molar-refractivity contribution in [2.75, 3.05) is 23.7 Å². The SMILES string of the molecule is O=C(Nc1ccc(Cl)cc1C(=O)Nc1ccc(Cl)cn1)c1ccc(C2(CN3CCCC3=O)CC2)cc1. The minimum Gasteiger partial charge on any atom is -0.342 e. The third kappa shape index (κ3) is 5.22. The van der Waals surface area contributed by atoms with Gasteiger partial charge in [-0.3, -0.25) is 14.4 Å². The van der Waals surface area contributed by atoms with Gasteiger partial charge in [-0.1, -0.05) is 35.3 Å². The molecular weight excluding hydrogens is 499 g/mol. The molecule has 1 saturated carbocycles. The van der Waals surface area contributed by atoms with E-state index >= 15 is 0 Å². The van der Waals surface area contributed by atoms with Crippen molar-refractivity contribution in [2.24, 2.45) is 0 Å². The number of hydrogen-bond donors (Lipinski definition) is 2. The fourth-order valence-electron chi connectivity index (χ4n) is 4.54. The standard InChI is InChI=1S/C27H24Cl2N4O3/c28-19-7-9-22(21(14-19)26(36)32-23-10-8-20(29)15-30-23)31-25(35)17-3-5-18(6-4-17)27(11-12-27)16-33-13-1-2-24(33)34/h3-10,14-15H,1-2,11-13,16H2,(H,31,35)(H,30,32,36). The average molecular weight is 523 g/mol. The van der Waals surface area contributed by atoms with Crippen LogP contribution in [0.1, 0.15) is 52.0 Å². The Kier molecular flexibility index (Phi) is 6.69. The Labute approximate surface area is 218 Å². The van der Waals surface area contributed by atoms with Crippen molar-refractivity contribution in [2.45, 2.75) is 31.1 Å². The van der Waals surface area contributed by atoms with Crippen molar-refractivity contribution in [3.05, 3.63) is 87.5 Å². The normalized spacial score (nSPS) is 16.1. The van der Waals surface area contributed by atoms with Gasteiger partial charge < -0.3 is 15.5 Å². The molecule has 3 aromatic rings. The third-order valence-corrected chi connectivity index (χ3v) is 7.18. The van der Waals surface area contributed by atoms with E-state index in [9.17, 15) is 14.4 Å². The van der Waals surface area contributed by atoms with E-state index < -0.39 is 5.91 Å². The number of nitrogens with zero attached hydrogens (tertiary/aromatic N) is 2. The number of pyridine rings is 1. The van der Waals surface area contributed by atoms with E-state index in [0.717, 1.165) is 37.9 Å². The lowest BCUT2D eigenvalue weighted by Gasteiger charge is -2.24. The molecule has 0 radical (unpaired) electrons. The van der Waals surface area contributed by atoms with Crippen LogP contribution in [-0.4, -0.2) is 40.7 Å². The Bertz CT molecular complexity index is 1320. The summed E-state index contributed by atoms with van der Waals surface area (Å²) in [6.45, 7) is 1.56. The zero-order chi connectivity index (χ0) is 25.3. The summed E-state index contributed by atoms with van der Waals surface area (Å²) in [7, 11) is 0. The molecule has 2 heterocycles. The van der Waals surface area contributed by atoms with Crippen LogP contribution < -0.4 is 10.6 Å². The number of amides is 3. The van der Waals surface area contributed by atoms with Gasteiger partial charge in [0.25, 0.3) is 11.8 Å². The number of carbonyl (C=O) groups is 3. The van der Waals surface area contributed by atoms with Crippen LogP contribution in [0.4, 0.5) is 11.5 Å². The summed E-state index contributed by atoms with van der Waals surface area (Å²) in [6, 6.07) is 15.4. The molecule has 2 N–H and O–H groups in total. The molecule has 2 fully saturated rings. The van der Waals surface area contributed by atoms with Gasteiger partial charge in [0.2, 0.25) is 5.91 Å². The molecule has 1 aliphatic carbocycles. The van der Waals surface area contributed by atoms with Gasteiger partial charge in [0.15, 0.2) is 0 Å². The second-order valence-corrected chi connectivity index (χ2v) is 10.1. The van der Waals surface area contributed by atoms with Crippen LogP contribution >= 0.6 is 23.2 Å². The van der Waals surface area contributed by atoms with Crippen LogP contribution in [0.3, 0.4) is 0 Å². The van der Waals surface area contributed by atoms with Gasteiger partial charge >= 0.3 is 0 Å². The van der Waals surface area contributed by atoms with E-state index in [1.807, 2.05) is 17.0 Å². The average Bonchev–Trinajstić information content (AvgIpc) is 3.55. The molecule has 9 heteroatoms. The van der Waals surface area contributed by atoms with Gasteiger partial charge in [0.05, 0.1) is 16.3 Å². The Morgan fingerprint density at radius 3 is 2.33 bits per heavy atom. The first-order chi connectivity index (χ1) is 17.3. The highest BCUT2D eigenvalue weighted by atomic mass is 35.5. The number of aromatic nitrogens is 1. The summed E-state index contributed by atoms with van der Waals surface area (Å²) in [6.07, 6.45) is 5.06. The number of anilines is 2. The lowest BCUT2D eigenvalue weighted by Crippen LogP contribution is -2.33. The zero-order valence-electron chi connectivity index (χ0n) is 19.4. The Morgan fingerprint density at radius 2 is 1.69 bits per heavy atom. The largest absolute Gasteiger partial charge is 0.342 e. The number of nitrogens with one attached hydrogen (secondary N) is 2. The van der Waals surface area contributed by atoms with Crippen LogP contribution in [0.2, 0.25) is 10.0 Å². The molecule has 0 atom stereocenters. The molecule has 1 aliphatic heterocycles. The Morgan fingerprint density at radius 1 is 0.944 bits per heavy atom. The molecule has 5 rings (SSSR count). The molecule has 36 heavy (non-hydrogen) atoms. The number of halogens is 2. The molecule has 184 valence electrons. The van der Waals surface area contributed by atoms with E-state index in [-0.39, 0.29) is 22.8 Å². The number of carbonyl (C=O) groups excluding carboxylic acids is 3. The minimum atomic E-state index is -0.467. The maximum Gasteiger partial charge on any atom is 0.258 e. The lowest BCUT2D eigenvalue weighted by molar-refractivity contribution is -0.128. The highest BCUT2D eigenvalue weighted by Gasteiger charge is 2.46. The Hall–Kier alpha value is -3.42. The van der Waals surface area contributed by atoms with Crippen LogP contribution in [0.25, 0.3) is 0 Å². The molecule has 3 amide bonds. The number of hydrogen-bond acceptors (Lipinski definition) is 4. The molecule has 1 saturated heterocycles. The van der Waals surface area contributed by atoms with Gasteiger partial charge in [-0.05, 0) is 67.3 Å². The zero-order valence-corrected chi connectivity index (χ0v) is 20.9. The van der Waals surface area contributed by atoms with Crippen LogP contribution in [0.5, 0.6) is 0 Å². The molecule has 0 spiro atoms. The van der Waals surface area contributed by atoms with Crippen molar-refractivity contribution in [1.29, 1.82) is 0 Å². The topological polar surface area (TPSA) is 91.4 Å². The second-order valence-electron chi connectivity index (χ2n) is 9.24. The van der Waals surface area contributed by atoms with Gasteiger partial charge in [-0.15, -0.1) is 0 Å². The first-order valence-electron chi connectivity index (χ1n) is 11.8. The summed E-state index contributed by atoms with van der Waals surface area (Å²) in [4.78, 5) is 44.0. The molecule has 7 nitrogen and oxygen atoms in total. The molecule has 2 aromatic carbocycles. The van der Waals surface area contributed by atoms with Crippen molar-refractivity contribution in [3.8, 4) is 0 Å². The highest BCUT2D eigenvalue weighted by molar-refractivity contribution is 6.31. The van der Waals surface area contributed by atoms with Crippen LogP contribution in [0, 0.1) is 0 Å². The fourth-order valence-corrected chi connectivity index (χ4v) is 4.83. The molecular formula is C27H24Cl2N4O3.